The molecule has 1 saturated heterocycles. The van der Waals surface area contributed by atoms with Crippen LogP contribution >= 0.6 is 0 Å². The van der Waals surface area contributed by atoms with E-state index in [0.717, 1.165) is 42.6 Å². The number of hydrogen-bond donors (Lipinski definition) is 0. The summed E-state index contributed by atoms with van der Waals surface area (Å²) in [5.74, 6) is 0.116. The van der Waals surface area contributed by atoms with Crippen molar-refractivity contribution in [3.8, 4) is 11.1 Å². The van der Waals surface area contributed by atoms with Gasteiger partial charge in [0, 0.05) is 30.4 Å². The maximum atomic E-state index is 12.5. The van der Waals surface area contributed by atoms with Gasteiger partial charge >= 0.3 is 0 Å². The lowest BCUT2D eigenvalue weighted by Gasteiger charge is -2.17. The number of likely N-dealkylation sites (tertiary alicyclic amines) is 1. The number of pyridine rings is 1. The average Bonchev–Trinajstić information content (AvgIpc) is 3.02. The van der Waals surface area contributed by atoms with E-state index < -0.39 is 0 Å². The molecule has 1 aromatic heterocycles. The summed E-state index contributed by atoms with van der Waals surface area (Å²) in [6, 6.07) is 11.5. The van der Waals surface area contributed by atoms with Crippen molar-refractivity contribution in [1.29, 1.82) is 0 Å². The van der Waals surface area contributed by atoms with Gasteiger partial charge in [0.15, 0.2) is 0 Å². The Morgan fingerprint density at radius 3 is 2.63 bits per heavy atom. The fourth-order valence-electron chi connectivity index (χ4n) is 2.47. The number of rotatable bonds is 2. The van der Waals surface area contributed by atoms with Crippen molar-refractivity contribution in [1.82, 2.24) is 9.88 Å². The highest BCUT2D eigenvalue weighted by Crippen LogP contribution is 2.24. The van der Waals surface area contributed by atoms with Crippen molar-refractivity contribution in [2.75, 3.05) is 13.1 Å². The Hall–Kier alpha value is -2.16. The fraction of sp³-hybridized carbons (Fsp3) is 0.250. The number of nitrogens with zero attached hydrogens (tertiary/aromatic N) is 2. The predicted molar refractivity (Wildman–Crippen MR) is 73.6 cm³/mol. The van der Waals surface area contributed by atoms with E-state index in [-0.39, 0.29) is 5.91 Å². The molecule has 2 heterocycles. The smallest absolute Gasteiger partial charge is 0.254 e. The zero-order chi connectivity index (χ0) is 13.1. The standard InChI is InChI=1S/C16H15N2O/c19-16(18-10-3-4-11-18)15-8-2-1-7-14(15)13-6-5-9-17-12-13/h1-2,5-9H,3-4,10-11H2. The SMILES string of the molecule is O=C(c1ccccc1-c1[c]nccc1)N1CCCC1. The van der Waals surface area contributed by atoms with Crippen LogP contribution < -0.4 is 0 Å². The van der Waals surface area contributed by atoms with Gasteiger partial charge in [-0.15, -0.1) is 0 Å². The first-order chi connectivity index (χ1) is 9.36. The van der Waals surface area contributed by atoms with Gasteiger partial charge in [-0.1, -0.05) is 24.3 Å². The average molecular weight is 251 g/mol. The number of aromatic nitrogens is 1. The van der Waals surface area contributed by atoms with E-state index in [9.17, 15) is 4.79 Å². The second-order valence-corrected chi connectivity index (χ2v) is 4.71. The molecule has 0 N–H and O–H groups in total. The molecule has 1 radical (unpaired) electrons. The largest absolute Gasteiger partial charge is 0.339 e. The van der Waals surface area contributed by atoms with Gasteiger partial charge in [-0.3, -0.25) is 9.78 Å². The van der Waals surface area contributed by atoms with Gasteiger partial charge in [0.2, 0.25) is 0 Å². The minimum Gasteiger partial charge on any atom is -0.339 e. The van der Waals surface area contributed by atoms with E-state index in [2.05, 4.69) is 11.2 Å². The maximum Gasteiger partial charge on any atom is 0.254 e. The van der Waals surface area contributed by atoms with Gasteiger partial charge in [-0.2, -0.15) is 0 Å². The molecule has 1 amide bonds. The van der Waals surface area contributed by atoms with E-state index in [4.69, 9.17) is 0 Å². The Morgan fingerprint density at radius 2 is 1.89 bits per heavy atom. The summed E-state index contributed by atoms with van der Waals surface area (Å²) in [6.45, 7) is 1.73. The van der Waals surface area contributed by atoms with E-state index in [1.807, 2.05) is 41.3 Å². The highest BCUT2D eigenvalue weighted by Gasteiger charge is 2.21. The first-order valence-corrected chi connectivity index (χ1v) is 6.57. The second kappa shape index (κ2) is 5.22. The lowest BCUT2D eigenvalue weighted by Crippen LogP contribution is -2.28. The normalized spacial score (nSPS) is 14.6. The lowest BCUT2D eigenvalue weighted by atomic mass is 10.0. The fourth-order valence-corrected chi connectivity index (χ4v) is 2.47. The quantitative estimate of drug-likeness (QED) is 0.822. The van der Waals surface area contributed by atoms with Gasteiger partial charge in [0.25, 0.3) is 5.91 Å². The van der Waals surface area contributed by atoms with Gasteiger partial charge in [-0.05, 0) is 30.5 Å². The number of benzene rings is 1. The summed E-state index contributed by atoms with van der Waals surface area (Å²) < 4.78 is 0. The van der Waals surface area contributed by atoms with Crippen LogP contribution in [-0.2, 0) is 0 Å². The molecule has 0 bridgehead atoms. The lowest BCUT2D eigenvalue weighted by molar-refractivity contribution is 0.0793. The first-order valence-electron chi connectivity index (χ1n) is 6.57. The van der Waals surface area contributed by atoms with Crippen molar-refractivity contribution in [2.24, 2.45) is 0 Å². The third kappa shape index (κ3) is 2.36. The zero-order valence-corrected chi connectivity index (χ0v) is 10.7. The summed E-state index contributed by atoms with van der Waals surface area (Å²) in [4.78, 5) is 18.5. The molecule has 1 aliphatic rings. The summed E-state index contributed by atoms with van der Waals surface area (Å²) in [5.41, 5.74) is 2.52. The Kier molecular flexibility index (Phi) is 3.27. The molecule has 0 spiro atoms. The first kappa shape index (κ1) is 11.9. The molecule has 95 valence electrons. The molecule has 1 aliphatic heterocycles. The molecule has 0 aliphatic carbocycles. The third-order valence-corrected chi connectivity index (χ3v) is 3.45. The zero-order valence-electron chi connectivity index (χ0n) is 10.7. The van der Waals surface area contributed by atoms with E-state index >= 15 is 0 Å². The van der Waals surface area contributed by atoms with Gasteiger partial charge in [-0.25, -0.2) is 0 Å². The molecular formula is C16H15N2O. The summed E-state index contributed by atoms with van der Waals surface area (Å²) in [7, 11) is 0. The molecule has 0 atom stereocenters. The Morgan fingerprint density at radius 1 is 1.11 bits per heavy atom. The van der Waals surface area contributed by atoms with Crippen LogP contribution in [0.4, 0.5) is 0 Å². The van der Waals surface area contributed by atoms with Crippen molar-refractivity contribution < 1.29 is 4.79 Å². The second-order valence-electron chi connectivity index (χ2n) is 4.71. The highest BCUT2D eigenvalue weighted by molar-refractivity contribution is 6.00. The molecule has 1 aromatic carbocycles. The van der Waals surface area contributed by atoms with E-state index in [0.29, 0.717) is 0 Å². The van der Waals surface area contributed by atoms with Crippen LogP contribution in [-0.4, -0.2) is 28.9 Å². The van der Waals surface area contributed by atoms with Crippen LogP contribution in [0.25, 0.3) is 11.1 Å². The Labute approximate surface area is 112 Å². The van der Waals surface area contributed by atoms with Crippen molar-refractivity contribution in [2.45, 2.75) is 12.8 Å². The topological polar surface area (TPSA) is 33.2 Å². The number of carbonyl (C=O) groups excluding carboxylic acids is 1. The van der Waals surface area contributed by atoms with Crippen molar-refractivity contribution >= 4 is 5.91 Å². The van der Waals surface area contributed by atoms with Gasteiger partial charge in [0.05, 0.1) is 6.20 Å². The molecule has 1 fully saturated rings. The van der Waals surface area contributed by atoms with Crippen LogP contribution in [0.1, 0.15) is 23.2 Å². The molecule has 2 aromatic rings. The van der Waals surface area contributed by atoms with Gasteiger partial charge in [0.1, 0.15) is 0 Å². The van der Waals surface area contributed by atoms with Crippen molar-refractivity contribution in [3.63, 3.8) is 0 Å². The Balaban J connectivity index is 2.00. The van der Waals surface area contributed by atoms with Gasteiger partial charge < -0.3 is 4.90 Å². The van der Waals surface area contributed by atoms with Crippen LogP contribution in [0.5, 0.6) is 0 Å². The molecular weight excluding hydrogens is 236 g/mol. The van der Waals surface area contributed by atoms with Crippen LogP contribution in [0.15, 0.2) is 42.6 Å². The maximum absolute atomic E-state index is 12.5. The molecule has 19 heavy (non-hydrogen) atoms. The molecule has 3 nitrogen and oxygen atoms in total. The molecule has 3 heteroatoms. The third-order valence-electron chi connectivity index (χ3n) is 3.45. The van der Waals surface area contributed by atoms with Crippen LogP contribution in [0, 0.1) is 6.20 Å². The van der Waals surface area contributed by atoms with Crippen LogP contribution in [0.2, 0.25) is 0 Å². The van der Waals surface area contributed by atoms with Crippen molar-refractivity contribution in [3.05, 3.63) is 54.4 Å². The molecule has 3 rings (SSSR count). The highest BCUT2D eigenvalue weighted by atomic mass is 16.2. The minimum absolute atomic E-state index is 0.116. The van der Waals surface area contributed by atoms with E-state index in [1.54, 1.807) is 6.20 Å². The number of hydrogen-bond acceptors (Lipinski definition) is 2. The van der Waals surface area contributed by atoms with Crippen LogP contribution in [0.3, 0.4) is 0 Å². The predicted octanol–water partition coefficient (Wildman–Crippen LogP) is 2.78. The minimum atomic E-state index is 0.116. The molecule has 0 saturated carbocycles. The molecule has 0 unspecified atom stereocenters. The summed E-state index contributed by atoms with van der Waals surface area (Å²) in [6.07, 6.45) is 6.85. The Bertz CT molecular complexity index is 574. The number of amides is 1. The monoisotopic (exact) mass is 251 g/mol. The summed E-state index contributed by atoms with van der Waals surface area (Å²) >= 11 is 0. The number of carbonyl (C=O) groups is 1. The summed E-state index contributed by atoms with van der Waals surface area (Å²) in [5, 5.41) is 0. The van der Waals surface area contributed by atoms with E-state index in [1.165, 1.54) is 0 Å².